The molecule has 3 aromatic rings. The lowest BCUT2D eigenvalue weighted by Gasteiger charge is -2.19. The molecule has 1 aliphatic rings. The maximum atomic E-state index is 14.2. The molecule has 1 heterocycles. The van der Waals surface area contributed by atoms with Gasteiger partial charge in [-0.25, -0.2) is 14.1 Å². The summed E-state index contributed by atoms with van der Waals surface area (Å²) in [7, 11) is 0. The van der Waals surface area contributed by atoms with Crippen LogP contribution in [0.2, 0.25) is 0 Å². The maximum Gasteiger partial charge on any atom is 0.339 e. The number of rotatable bonds is 5. The van der Waals surface area contributed by atoms with E-state index in [9.17, 15) is 33.5 Å². The minimum atomic E-state index is -1.48. The lowest BCUT2D eigenvalue weighted by molar-refractivity contribution is -0.132. The van der Waals surface area contributed by atoms with Crippen molar-refractivity contribution in [3.63, 3.8) is 0 Å². The van der Waals surface area contributed by atoms with E-state index < -0.39 is 46.9 Å². The van der Waals surface area contributed by atoms with Crippen LogP contribution >= 0.6 is 22.6 Å². The molecule has 0 bridgehead atoms. The van der Waals surface area contributed by atoms with Crippen molar-refractivity contribution in [1.29, 1.82) is 0 Å². The molecule has 36 heavy (non-hydrogen) atoms. The van der Waals surface area contributed by atoms with Crippen LogP contribution in [0.15, 0.2) is 48.5 Å². The van der Waals surface area contributed by atoms with Crippen molar-refractivity contribution in [3.8, 4) is 22.6 Å². The molecule has 0 spiro atoms. The number of ether oxygens (including phenoxy) is 2. The van der Waals surface area contributed by atoms with Crippen molar-refractivity contribution >= 4 is 58.0 Å². The van der Waals surface area contributed by atoms with Gasteiger partial charge in [0.25, 0.3) is 11.8 Å². The number of benzene rings is 3. The van der Waals surface area contributed by atoms with Crippen molar-refractivity contribution in [2.45, 2.75) is 13.8 Å². The minimum absolute atomic E-state index is 0.112. The van der Waals surface area contributed by atoms with Crippen molar-refractivity contribution in [1.82, 2.24) is 0 Å². The van der Waals surface area contributed by atoms with Crippen LogP contribution in [0, 0.1) is 9.39 Å². The third kappa shape index (κ3) is 4.56. The number of aromatic carboxylic acids is 1. The van der Waals surface area contributed by atoms with E-state index in [1.165, 1.54) is 24.3 Å². The molecule has 1 N–H and O–H groups in total. The number of carbonyl (C=O) groups is 5. The second-order valence-electron chi connectivity index (χ2n) is 7.64. The highest BCUT2D eigenvalue weighted by Crippen LogP contribution is 2.40. The molecule has 4 rings (SSSR count). The largest absolute Gasteiger partial charge is 0.478 e. The van der Waals surface area contributed by atoms with Gasteiger partial charge in [-0.05, 0) is 70.1 Å². The number of halogens is 2. The zero-order valence-corrected chi connectivity index (χ0v) is 20.8. The van der Waals surface area contributed by atoms with Gasteiger partial charge in [0.1, 0.15) is 17.1 Å². The molecule has 9 nitrogen and oxygen atoms in total. The number of esters is 2. The molecule has 3 aromatic carbocycles. The summed E-state index contributed by atoms with van der Waals surface area (Å²) in [4.78, 5) is 62.2. The van der Waals surface area contributed by atoms with Gasteiger partial charge in [0, 0.05) is 17.4 Å². The summed E-state index contributed by atoms with van der Waals surface area (Å²) in [5.74, 6) is -5.75. The number of anilines is 1. The number of hydrogen-bond donors (Lipinski definition) is 1. The number of amides is 2. The first-order valence-corrected chi connectivity index (χ1v) is 11.3. The predicted molar refractivity (Wildman–Crippen MR) is 132 cm³/mol. The van der Waals surface area contributed by atoms with Crippen LogP contribution in [-0.2, 0) is 9.59 Å². The Labute approximate surface area is 216 Å². The molecule has 0 fully saturated rings. The number of hydrogen-bond acceptors (Lipinski definition) is 7. The fourth-order valence-corrected chi connectivity index (χ4v) is 4.02. The van der Waals surface area contributed by atoms with Crippen LogP contribution < -0.4 is 14.4 Å². The lowest BCUT2D eigenvalue weighted by Crippen LogP contribution is -2.30. The van der Waals surface area contributed by atoms with Gasteiger partial charge >= 0.3 is 17.9 Å². The minimum Gasteiger partial charge on any atom is -0.478 e. The molecule has 11 heteroatoms. The molecule has 0 atom stereocenters. The smallest absolute Gasteiger partial charge is 0.339 e. The predicted octanol–water partition coefficient (Wildman–Crippen LogP) is 4.45. The first-order chi connectivity index (χ1) is 17.0. The Bertz CT molecular complexity index is 1500. The second kappa shape index (κ2) is 9.49. The zero-order chi connectivity index (χ0) is 26.3. The monoisotopic (exact) mass is 603 g/mol. The Kier molecular flexibility index (Phi) is 6.59. The van der Waals surface area contributed by atoms with E-state index in [-0.39, 0.29) is 22.6 Å². The molecule has 1 aliphatic heterocycles. The zero-order valence-electron chi connectivity index (χ0n) is 18.6. The van der Waals surface area contributed by atoms with Crippen LogP contribution in [0.5, 0.6) is 11.5 Å². The number of carbonyl (C=O) groups excluding carboxylic acids is 4. The highest BCUT2D eigenvalue weighted by Gasteiger charge is 2.40. The lowest BCUT2D eigenvalue weighted by atomic mass is 10.0. The van der Waals surface area contributed by atoms with Crippen LogP contribution in [0.25, 0.3) is 11.1 Å². The number of fused-ring (bicyclic) bond motifs is 1. The second-order valence-corrected chi connectivity index (χ2v) is 8.81. The van der Waals surface area contributed by atoms with E-state index >= 15 is 0 Å². The van der Waals surface area contributed by atoms with Crippen LogP contribution in [0.1, 0.15) is 44.9 Å². The maximum absolute atomic E-state index is 14.2. The quantitative estimate of drug-likeness (QED) is 0.196. The molecular formula is C25H15FINO8. The van der Waals surface area contributed by atoms with E-state index in [1.807, 2.05) is 22.6 Å². The summed E-state index contributed by atoms with van der Waals surface area (Å²) in [6.45, 7) is 2.20. The fraction of sp³-hybridized carbons (Fsp3) is 0.0800. The Morgan fingerprint density at radius 3 is 1.97 bits per heavy atom. The van der Waals surface area contributed by atoms with E-state index in [4.69, 9.17) is 9.47 Å². The molecule has 0 unspecified atom stereocenters. The SMILES string of the molecule is CC(=O)Oc1cc2c(cc1C(=O)O)C(=O)N(c1cc(-c3ccc(I)c(F)c3)ccc1OC(C)=O)C2=O. The van der Waals surface area contributed by atoms with E-state index in [0.29, 0.717) is 14.7 Å². The molecule has 0 saturated carbocycles. The summed E-state index contributed by atoms with van der Waals surface area (Å²) in [5, 5.41) is 9.50. The third-order valence-electron chi connectivity index (χ3n) is 5.18. The van der Waals surface area contributed by atoms with Gasteiger partial charge in [-0.3, -0.25) is 19.2 Å². The first kappa shape index (κ1) is 25.0. The Balaban J connectivity index is 1.87. The van der Waals surface area contributed by atoms with Crippen LogP contribution in [0.4, 0.5) is 10.1 Å². The van der Waals surface area contributed by atoms with Gasteiger partial charge in [-0.15, -0.1) is 0 Å². The Hall–Kier alpha value is -4.13. The molecule has 2 amide bonds. The van der Waals surface area contributed by atoms with Crippen molar-refractivity contribution < 1.29 is 42.9 Å². The molecule has 0 radical (unpaired) electrons. The van der Waals surface area contributed by atoms with E-state index in [1.54, 1.807) is 12.1 Å². The molecular weight excluding hydrogens is 588 g/mol. The highest BCUT2D eigenvalue weighted by molar-refractivity contribution is 14.1. The van der Waals surface area contributed by atoms with Gasteiger partial charge in [-0.1, -0.05) is 12.1 Å². The molecule has 182 valence electrons. The van der Waals surface area contributed by atoms with Gasteiger partial charge in [0.15, 0.2) is 5.75 Å². The van der Waals surface area contributed by atoms with Crippen molar-refractivity contribution in [2.24, 2.45) is 0 Å². The highest BCUT2D eigenvalue weighted by atomic mass is 127. The third-order valence-corrected chi connectivity index (χ3v) is 6.05. The fourth-order valence-electron chi connectivity index (χ4n) is 3.68. The number of carboxylic acid groups (broad SMARTS) is 1. The number of nitrogens with zero attached hydrogens (tertiary/aromatic N) is 1. The summed E-state index contributed by atoms with van der Waals surface area (Å²) >= 11 is 1.84. The van der Waals surface area contributed by atoms with E-state index in [0.717, 1.165) is 30.9 Å². The Morgan fingerprint density at radius 2 is 1.39 bits per heavy atom. The van der Waals surface area contributed by atoms with Gasteiger partial charge in [0.05, 0.1) is 16.8 Å². The van der Waals surface area contributed by atoms with E-state index in [2.05, 4.69) is 0 Å². The first-order valence-electron chi connectivity index (χ1n) is 10.2. The molecule has 0 aliphatic carbocycles. The van der Waals surface area contributed by atoms with Gasteiger partial charge in [-0.2, -0.15) is 0 Å². The number of carboxylic acids is 1. The average molecular weight is 603 g/mol. The summed E-state index contributed by atoms with van der Waals surface area (Å²) in [6.07, 6.45) is 0. The summed E-state index contributed by atoms with van der Waals surface area (Å²) in [5.41, 5.74) is -0.201. The number of imide groups is 1. The topological polar surface area (TPSA) is 127 Å². The molecule has 0 saturated heterocycles. The van der Waals surface area contributed by atoms with Crippen LogP contribution in [0.3, 0.4) is 0 Å². The average Bonchev–Trinajstić information content (AvgIpc) is 3.04. The summed E-state index contributed by atoms with van der Waals surface area (Å²) < 4.78 is 24.7. The van der Waals surface area contributed by atoms with Gasteiger partial charge < -0.3 is 14.6 Å². The summed E-state index contributed by atoms with van der Waals surface area (Å²) in [6, 6.07) is 10.7. The molecule has 0 aromatic heterocycles. The standard InChI is InChI=1S/C25H15FINO8/c1-11(29)35-21-6-4-14(13-3-5-19(27)18(26)7-13)8-20(21)28-23(31)15-9-17(25(33)34)22(36-12(2)30)10-16(15)24(28)32/h3-10H,1-2H3,(H,33,34). The van der Waals surface area contributed by atoms with Gasteiger partial charge in [0.2, 0.25) is 0 Å². The van der Waals surface area contributed by atoms with Crippen molar-refractivity contribution in [3.05, 3.63) is 74.6 Å². The Morgan fingerprint density at radius 1 is 0.833 bits per heavy atom. The van der Waals surface area contributed by atoms with Crippen molar-refractivity contribution in [2.75, 3.05) is 4.90 Å². The van der Waals surface area contributed by atoms with Crippen LogP contribution in [-0.4, -0.2) is 34.8 Å². The normalized spacial score (nSPS) is 12.4.